The van der Waals surface area contributed by atoms with Gasteiger partial charge in [0.2, 0.25) is 17.7 Å². The van der Waals surface area contributed by atoms with E-state index in [-0.39, 0.29) is 31.6 Å². The lowest BCUT2D eigenvalue weighted by molar-refractivity contribution is -0.136. The minimum absolute atomic E-state index is 0. The molecule has 4 aromatic carbocycles. The van der Waals surface area contributed by atoms with Crippen LogP contribution in [0.15, 0.2) is 84.9 Å². The summed E-state index contributed by atoms with van der Waals surface area (Å²) in [6.45, 7) is 5.21. The normalized spacial score (nSPS) is 16.1. The molecule has 2 fully saturated rings. The molecule has 2 saturated heterocycles. The molecule has 0 spiro atoms. The molecule has 0 aromatic heterocycles. The number of anilines is 2. The molecule has 4 aliphatic heterocycles. The van der Waals surface area contributed by atoms with Crippen LogP contribution in [0.25, 0.3) is 0 Å². The zero-order chi connectivity index (χ0) is 41.6. The summed E-state index contributed by atoms with van der Waals surface area (Å²) < 4.78 is 11.9. The van der Waals surface area contributed by atoms with Crippen LogP contribution in [-0.4, -0.2) is 73.1 Å². The average molecular weight is 860 g/mol. The minimum atomic E-state index is -0.827. The number of fused-ring (bicyclic) bond motifs is 2. The van der Waals surface area contributed by atoms with Gasteiger partial charge in [-0.2, -0.15) is 0 Å². The number of hydrogen-bond donors (Lipinski definition) is 4. The second-order valence-corrected chi connectivity index (χ2v) is 16.2. The molecule has 0 bridgehead atoms. The lowest BCUT2D eigenvalue weighted by Crippen LogP contribution is -2.40. The van der Waals surface area contributed by atoms with Gasteiger partial charge in [-0.05, 0) is 146 Å². The molecule has 0 atom stereocenters. The summed E-state index contributed by atoms with van der Waals surface area (Å²) >= 11 is 11.5. The van der Waals surface area contributed by atoms with Crippen molar-refractivity contribution in [1.82, 2.24) is 10.2 Å². The molecule has 0 radical (unpaired) electrons. The van der Waals surface area contributed by atoms with Crippen LogP contribution in [0.4, 0.5) is 11.4 Å². The number of nitrogens with one attached hydrogen (secondary N) is 3. The number of carbonyl (C=O) groups is 4. The number of carbonyl (C=O) groups excluding carboxylic acids is 3. The predicted octanol–water partition coefficient (Wildman–Crippen LogP) is 8.64. The standard InChI is InChI=1S/C23H25ClN2O3.C15H20N2O2.C8H7ClO2.CH4/c24-19-4-1-16(2-5-19)13-23(28)26-11-9-17(10-12-26)15-29-20-6-7-21-18(14-20)3-8-22(27)25-21;18-15-4-1-12-9-13(2-3-14(12)17-15)19-10-11-5-7-16-8-6-11;9-7-3-1-6(2-4-7)5-8(10)11;/h1-2,4-7,14,17H,3,8-13,15H2,(H,25,27);2-3,9,11,16H,1,4-8,10H2,(H,17,18);1-4H,5H2,(H,10,11);1H4. The van der Waals surface area contributed by atoms with Crippen LogP contribution in [-0.2, 0) is 44.9 Å². The molecule has 0 saturated carbocycles. The van der Waals surface area contributed by atoms with Crippen LogP contribution in [0.5, 0.6) is 11.5 Å². The molecule has 4 aromatic rings. The third kappa shape index (κ3) is 14.6. The van der Waals surface area contributed by atoms with Gasteiger partial charge in [-0.25, -0.2) is 0 Å². The van der Waals surface area contributed by atoms with E-state index in [1.54, 1.807) is 24.3 Å². The second-order valence-electron chi connectivity index (χ2n) is 15.4. The van der Waals surface area contributed by atoms with Crippen molar-refractivity contribution in [2.24, 2.45) is 11.8 Å². The lowest BCUT2D eigenvalue weighted by atomic mass is 9.97. The van der Waals surface area contributed by atoms with Crippen LogP contribution in [0.2, 0.25) is 10.0 Å². The highest BCUT2D eigenvalue weighted by molar-refractivity contribution is 6.30. The average Bonchev–Trinajstić information content (AvgIpc) is 3.24. The van der Waals surface area contributed by atoms with Gasteiger partial charge in [0.1, 0.15) is 11.5 Å². The maximum Gasteiger partial charge on any atom is 0.307 e. The summed E-state index contributed by atoms with van der Waals surface area (Å²) in [6.07, 6.45) is 7.44. The molecule has 60 heavy (non-hydrogen) atoms. The summed E-state index contributed by atoms with van der Waals surface area (Å²) in [5, 5.41) is 18.9. The Morgan fingerprint density at radius 1 is 0.633 bits per heavy atom. The van der Waals surface area contributed by atoms with E-state index in [0.29, 0.717) is 47.8 Å². The highest BCUT2D eigenvalue weighted by Gasteiger charge is 2.24. The highest BCUT2D eigenvalue weighted by Crippen LogP contribution is 2.29. The first-order valence-electron chi connectivity index (χ1n) is 20.4. The smallest absolute Gasteiger partial charge is 0.307 e. The van der Waals surface area contributed by atoms with Gasteiger partial charge in [-0.1, -0.05) is 54.9 Å². The third-order valence-electron chi connectivity index (χ3n) is 10.9. The first-order valence-corrected chi connectivity index (χ1v) is 21.1. The van der Waals surface area contributed by atoms with Crippen molar-refractivity contribution in [3.05, 3.63) is 117 Å². The molecular formula is C47H56Cl2N4O7. The van der Waals surface area contributed by atoms with E-state index in [4.69, 9.17) is 37.8 Å². The number of ether oxygens (including phenoxy) is 2. The number of aryl methyl sites for hydroxylation is 2. The number of carboxylic acids is 1. The fourth-order valence-electron chi connectivity index (χ4n) is 7.39. The molecule has 4 heterocycles. The summed E-state index contributed by atoms with van der Waals surface area (Å²) in [5.41, 5.74) is 5.90. The zero-order valence-corrected chi connectivity index (χ0v) is 34.7. The van der Waals surface area contributed by atoms with Crippen molar-refractivity contribution in [1.29, 1.82) is 0 Å². The molecule has 3 amide bonds. The van der Waals surface area contributed by atoms with Gasteiger partial charge in [0.05, 0.1) is 26.1 Å². The van der Waals surface area contributed by atoms with Crippen molar-refractivity contribution in [3.63, 3.8) is 0 Å². The van der Waals surface area contributed by atoms with Crippen molar-refractivity contribution in [3.8, 4) is 11.5 Å². The number of halogens is 2. The minimum Gasteiger partial charge on any atom is -0.493 e. The third-order valence-corrected chi connectivity index (χ3v) is 11.4. The van der Waals surface area contributed by atoms with Crippen LogP contribution in [0.3, 0.4) is 0 Å². The van der Waals surface area contributed by atoms with Crippen molar-refractivity contribution >= 4 is 58.3 Å². The molecule has 320 valence electrons. The van der Waals surface area contributed by atoms with Gasteiger partial charge in [-0.3, -0.25) is 19.2 Å². The van der Waals surface area contributed by atoms with Crippen molar-refractivity contribution in [2.75, 3.05) is 50.0 Å². The molecular weight excluding hydrogens is 803 g/mol. The predicted molar refractivity (Wildman–Crippen MR) is 237 cm³/mol. The lowest BCUT2D eigenvalue weighted by Gasteiger charge is -2.32. The SMILES string of the molecule is C.O=C(O)Cc1ccc(Cl)cc1.O=C1CCc2cc(OCC3CCN(C(=O)Cc4ccc(Cl)cc4)CC3)ccc2N1.O=C1CCc2cc(OCC3CCNCC3)ccc2N1. The maximum absolute atomic E-state index is 12.5. The van der Waals surface area contributed by atoms with Crippen LogP contribution in [0.1, 0.15) is 68.2 Å². The summed E-state index contributed by atoms with van der Waals surface area (Å²) in [6, 6.07) is 26.0. The molecule has 4 N–H and O–H groups in total. The summed E-state index contributed by atoms with van der Waals surface area (Å²) in [5.74, 6) is 2.41. The van der Waals surface area contributed by atoms with Gasteiger partial charge < -0.3 is 35.4 Å². The van der Waals surface area contributed by atoms with Crippen molar-refractivity contribution in [2.45, 2.75) is 71.6 Å². The monoisotopic (exact) mass is 858 g/mol. The van der Waals surface area contributed by atoms with Crippen molar-refractivity contribution < 1.29 is 33.8 Å². The van der Waals surface area contributed by atoms with E-state index >= 15 is 0 Å². The molecule has 8 rings (SSSR count). The second kappa shape index (κ2) is 23.0. The largest absolute Gasteiger partial charge is 0.493 e. The molecule has 0 unspecified atom stereocenters. The van der Waals surface area contributed by atoms with E-state index in [1.165, 1.54) is 18.4 Å². The fraction of sp³-hybridized carbons (Fsp3) is 0.404. The summed E-state index contributed by atoms with van der Waals surface area (Å²) in [7, 11) is 0. The van der Waals surface area contributed by atoms with Gasteiger partial charge in [0.15, 0.2) is 0 Å². The Balaban J connectivity index is 0.000000189. The Labute approximate surface area is 363 Å². The first-order chi connectivity index (χ1) is 28.6. The van der Waals surface area contributed by atoms with Crippen LogP contribution < -0.4 is 25.4 Å². The number of hydrogen-bond acceptors (Lipinski definition) is 7. The number of amides is 3. The summed E-state index contributed by atoms with van der Waals surface area (Å²) in [4.78, 5) is 47.5. The molecule has 13 heteroatoms. The maximum atomic E-state index is 12.5. The van der Waals surface area contributed by atoms with Gasteiger partial charge in [-0.15, -0.1) is 0 Å². The number of carboxylic acid groups (broad SMARTS) is 1. The van der Waals surface area contributed by atoms with Crippen LogP contribution >= 0.6 is 23.2 Å². The van der Waals surface area contributed by atoms with E-state index < -0.39 is 5.97 Å². The highest BCUT2D eigenvalue weighted by atomic mass is 35.5. The molecule has 4 aliphatic rings. The quantitative estimate of drug-likeness (QED) is 0.124. The van der Waals surface area contributed by atoms with Gasteiger partial charge >= 0.3 is 5.97 Å². The van der Waals surface area contributed by atoms with E-state index in [2.05, 4.69) is 22.0 Å². The van der Waals surface area contributed by atoms with E-state index in [1.807, 2.05) is 59.5 Å². The Morgan fingerprint density at radius 3 is 1.55 bits per heavy atom. The number of likely N-dealkylation sites (tertiary alicyclic amines) is 1. The zero-order valence-electron chi connectivity index (χ0n) is 33.2. The van der Waals surface area contributed by atoms with Crippen LogP contribution in [0, 0.1) is 11.8 Å². The topological polar surface area (TPSA) is 146 Å². The van der Waals surface area contributed by atoms with E-state index in [9.17, 15) is 19.2 Å². The number of benzene rings is 4. The Morgan fingerprint density at radius 2 is 1.08 bits per heavy atom. The molecule has 0 aliphatic carbocycles. The number of nitrogens with zero attached hydrogens (tertiary/aromatic N) is 1. The Hall–Kier alpha value is -5.10. The number of rotatable bonds is 10. The fourth-order valence-corrected chi connectivity index (χ4v) is 7.64. The Bertz CT molecular complexity index is 2050. The number of piperidine rings is 2. The number of aliphatic carboxylic acids is 1. The van der Waals surface area contributed by atoms with E-state index in [0.717, 1.165) is 98.0 Å². The van der Waals surface area contributed by atoms with Gasteiger partial charge in [0, 0.05) is 47.4 Å². The first kappa shape index (κ1) is 46.0. The molecule has 11 nitrogen and oxygen atoms in total. The van der Waals surface area contributed by atoms with Gasteiger partial charge in [0.25, 0.3) is 0 Å². The Kier molecular flexibility index (Phi) is 17.7.